The number of carbonyl (C=O) groups is 1. The molecular weight excluding hydrogens is 394 g/mol. The minimum Gasteiger partial charge on any atom is -0.351 e. The average molecular weight is 414 g/mol. The number of halogens is 1. The molecule has 26 heavy (non-hydrogen) atoms. The molecule has 1 aliphatic rings. The van der Waals surface area contributed by atoms with Gasteiger partial charge in [0.15, 0.2) is 0 Å². The zero-order valence-electron chi connectivity index (χ0n) is 14.3. The SMILES string of the molecule is CC(=O)NCc1csc(C2CCN(S(=O)(=O)c3cccc(Cl)c3)CC2)n1. The molecule has 1 aliphatic heterocycles. The molecule has 1 aromatic carbocycles. The van der Waals surface area contributed by atoms with Gasteiger partial charge in [-0.05, 0) is 31.0 Å². The molecule has 2 aromatic rings. The predicted molar refractivity (Wildman–Crippen MR) is 102 cm³/mol. The molecule has 0 bridgehead atoms. The Bertz CT molecular complexity index is 890. The zero-order valence-corrected chi connectivity index (χ0v) is 16.7. The van der Waals surface area contributed by atoms with E-state index in [4.69, 9.17) is 11.6 Å². The molecule has 2 heterocycles. The summed E-state index contributed by atoms with van der Waals surface area (Å²) in [4.78, 5) is 15.8. The highest BCUT2D eigenvalue weighted by Gasteiger charge is 2.31. The van der Waals surface area contributed by atoms with Gasteiger partial charge in [-0.1, -0.05) is 17.7 Å². The Kier molecular flexibility index (Phi) is 5.96. The molecule has 1 aromatic heterocycles. The molecule has 0 unspecified atom stereocenters. The number of nitrogens with zero attached hydrogens (tertiary/aromatic N) is 2. The molecule has 0 atom stereocenters. The lowest BCUT2D eigenvalue weighted by Gasteiger charge is -2.30. The number of nitrogens with one attached hydrogen (secondary N) is 1. The van der Waals surface area contributed by atoms with E-state index < -0.39 is 10.0 Å². The van der Waals surface area contributed by atoms with Gasteiger partial charge >= 0.3 is 0 Å². The fourth-order valence-corrected chi connectivity index (χ4v) is 5.69. The van der Waals surface area contributed by atoms with Crippen LogP contribution in [0.4, 0.5) is 0 Å². The number of piperidine rings is 1. The molecule has 1 amide bonds. The van der Waals surface area contributed by atoms with E-state index in [1.165, 1.54) is 17.3 Å². The van der Waals surface area contributed by atoms with Crippen molar-refractivity contribution in [2.24, 2.45) is 0 Å². The third-order valence-corrected chi connectivity index (χ3v) is 7.51. The fourth-order valence-electron chi connectivity index (χ4n) is 2.93. The van der Waals surface area contributed by atoms with Crippen molar-refractivity contribution in [2.45, 2.75) is 37.1 Å². The number of hydrogen-bond acceptors (Lipinski definition) is 5. The van der Waals surface area contributed by atoms with E-state index in [1.807, 2.05) is 5.38 Å². The van der Waals surface area contributed by atoms with Crippen LogP contribution >= 0.6 is 22.9 Å². The van der Waals surface area contributed by atoms with Crippen LogP contribution in [0.1, 0.15) is 36.4 Å². The van der Waals surface area contributed by atoms with Crippen LogP contribution in [-0.4, -0.2) is 36.7 Å². The molecule has 0 aliphatic carbocycles. The van der Waals surface area contributed by atoms with Gasteiger partial charge < -0.3 is 5.32 Å². The molecule has 140 valence electrons. The number of rotatable bonds is 5. The van der Waals surface area contributed by atoms with Gasteiger partial charge in [0.1, 0.15) is 0 Å². The van der Waals surface area contributed by atoms with Crippen molar-refractivity contribution in [3.63, 3.8) is 0 Å². The first-order valence-corrected chi connectivity index (χ1v) is 11.0. The van der Waals surface area contributed by atoms with E-state index in [9.17, 15) is 13.2 Å². The summed E-state index contributed by atoms with van der Waals surface area (Å²) in [5.41, 5.74) is 0.842. The molecule has 6 nitrogen and oxygen atoms in total. The van der Waals surface area contributed by atoms with Crippen LogP contribution in [0.5, 0.6) is 0 Å². The van der Waals surface area contributed by atoms with E-state index in [2.05, 4.69) is 10.3 Å². The predicted octanol–water partition coefficient (Wildman–Crippen LogP) is 3.00. The van der Waals surface area contributed by atoms with Gasteiger partial charge in [0.25, 0.3) is 0 Å². The van der Waals surface area contributed by atoms with Crippen LogP contribution in [0.2, 0.25) is 5.02 Å². The van der Waals surface area contributed by atoms with Gasteiger partial charge in [0, 0.05) is 36.3 Å². The highest BCUT2D eigenvalue weighted by atomic mass is 35.5. The normalized spacial score (nSPS) is 16.5. The number of benzene rings is 1. The Morgan fingerprint density at radius 3 is 2.77 bits per heavy atom. The summed E-state index contributed by atoms with van der Waals surface area (Å²) in [7, 11) is -3.52. The first kappa shape index (κ1) is 19.3. The minimum atomic E-state index is -3.52. The number of aromatic nitrogens is 1. The summed E-state index contributed by atoms with van der Waals surface area (Å²) < 4.78 is 27.0. The molecule has 0 spiro atoms. The van der Waals surface area contributed by atoms with Crippen LogP contribution in [-0.2, 0) is 21.4 Å². The lowest BCUT2D eigenvalue weighted by atomic mass is 9.99. The number of thiazole rings is 1. The Labute approximate surface area is 162 Å². The Balaban J connectivity index is 1.63. The maximum atomic E-state index is 12.7. The summed E-state index contributed by atoms with van der Waals surface area (Å²) in [5, 5.41) is 6.10. The zero-order chi connectivity index (χ0) is 18.7. The Morgan fingerprint density at radius 1 is 1.38 bits per heavy atom. The first-order valence-electron chi connectivity index (χ1n) is 8.30. The molecule has 0 radical (unpaired) electrons. The monoisotopic (exact) mass is 413 g/mol. The molecule has 9 heteroatoms. The van der Waals surface area contributed by atoms with E-state index in [1.54, 1.807) is 29.5 Å². The molecule has 0 saturated carbocycles. The van der Waals surface area contributed by atoms with Gasteiger partial charge in [-0.25, -0.2) is 13.4 Å². The lowest BCUT2D eigenvalue weighted by Crippen LogP contribution is -2.37. The van der Waals surface area contributed by atoms with Crippen molar-refractivity contribution >= 4 is 38.9 Å². The number of hydrogen-bond donors (Lipinski definition) is 1. The van der Waals surface area contributed by atoms with Gasteiger partial charge in [0.2, 0.25) is 15.9 Å². The van der Waals surface area contributed by atoms with Gasteiger partial charge in [-0.15, -0.1) is 11.3 Å². The maximum Gasteiger partial charge on any atom is 0.243 e. The van der Waals surface area contributed by atoms with E-state index in [0.717, 1.165) is 23.5 Å². The highest BCUT2D eigenvalue weighted by Crippen LogP contribution is 2.32. The van der Waals surface area contributed by atoms with Crippen molar-refractivity contribution in [3.05, 3.63) is 45.4 Å². The Morgan fingerprint density at radius 2 is 2.12 bits per heavy atom. The standard InChI is InChI=1S/C17H20ClN3O3S2/c1-12(22)19-10-15-11-25-17(20-15)13-5-7-21(8-6-13)26(23,24)16-4-2-3-14(18)9-16/h2-4,9,11,13H,5-8,10H2,1H3,(H,19,22). The second-order valence-corrected chi connectivity index (χ2v) is 9.49. The van der Waals surface area contributed by atoms with Crippen molar-refractivity contribution in [2.75, 3.05) is 13.1 Å². The van der Waals surface area contributed by atoms with Gasteiger partial charge in [0.05, 0.1) is 22.1 Å². The summed E-state index contributed by atoms with van der Waals surface area (Å²) in [6, 6.07) is 6.36. The highest BCUT2D eigenvalue weighted by molar-refractivity contribution is 7.89. The second-order valence-electron chi connectivity index (χ2n) is 6.22. The Hall–Kier alpha value is -1.48. The summed E-state index contributed by atoms with van der Waals surface area (Å²) in [5.74, 6) is 0.163. The lowest BCUT2D eigenvalue weighted by molar-refractivity contribution is -0.119. The second kappa shape index (κ2) is 8.04. The van der Waals surface area contributed by atoms with Crippen molar-refractivity contribution < 1.29 is 13.2 Å². The molecular formula is C17H20ClN3O3S2. The fraction of sp³-hybridized carbons (Fsp3) is 0.412. The van der Waals surface area contributed by atoms with E-state index in [-0.39, 0.29) is 16.7 Å². The topological polar surface area (TPSA) is 79.4 Å². The van der Waals surface area contributed by atoms with Crippen molar-refractivity contribution in [3.8, 4) is 0 Å². The molecule has 1 saturated heterocycles. The van der Waals surface area contributed by atoms with Crippen LogP contribution in [0.15, 0.2) is 34.5 Å². The van der Waals surface area contributed by atoms with Gasteiger partial charge in [-0.3, -0.25) is 4.79 Å². The third-order valence-electron chi connectivity index (χ3n) is 4.32. The molecule has 1 fully saturated rings. The van der Waals surface area contributed by atoms with Crippen LogP contribution in [0, 0.1) is 0 Å². The summed E-state index contributed by atoms with van der Waals surface area (Å²) >= 11 is 7.49. The summed E-state index contributed by atoms with van der Waals surface area (Å²) in [6.07, 6.45) is 1.46. The quantitative estimate of drug-likeness (QED) is 0.817. The molecule has 3 rings (SSSR count). The third kappa shape index (κ3) is 4.43. The average Bonchev–Trinajstić information content (AvgIpc) is 3.09. The minimum absolute atomic E-state index is 0.0842. The summed E-state index contributed by atoms with van der Waals surface area (Å²) in [6.45, 7) is 2.82. The van der Waals surface area contributed by atoms with Crippen LogP contribution in [0.3, 0.4) is 0 Å². The largest absolute Gasteiger partial charge is 0.351 e. The number of carbonyl (C=O) groups excluding carboxylic acids is 1. The van der Waals surface area contributed by atoms with Crippen LogP contribution in [0.25, 0.3) is 0 Å². The van der Waals surface area contributed by atoms with Crippen molar-refractivity contribution in [1.29, 1.82) is 0 Å². The maximum absolute atomic E-state index is 12.7. The van der Waals surface area contributed by atoms with Crippen LogP contribution < -0.4 is 5.32 Å². The number of amides is 1. The van der Waals surface area contributed by atoms with Gasteiger partial charge in [-0.2, -0.15) is 4.31 Å². The van der Waals surface area contributed by atoms with Crippen molar-refractivity contribution in [1.82, 2.24) is 14.6 Å². The smallest absolute Gasteiger partial charge is 0.243 e. The molecule has 1 N–H and O–H groups in total. The first-order chi connectivity index (χ1) is 12.4. The van der Waals surface area contributed by atoms with E-state index >= 15 is 0 Å². The number of sulfonamides is 1. The van der Waals surface area contributed by atoms with E-state index in [0.29, 0.717) is 24.7 Å².